The Morgan fingerprint density at radius 3 is 2.14 bits per heavy atom. The summed E-state index contributed by atoms with van der Waals surface area (Å²) in [6.45, 7) is 5.18. The van der Waals surface area contributed by atoms with E-state index in [1.54, 1.807) is 45.0 Å². The molecule has 0 saturated heterocycles. The molecule has 2 unspecified atom stereocenters. The zero-order valence-corrected chi connectivity index (χ0v) is 16.3. The van der Waals surface area contributed by atoms with E-state index < -0.39 is 35.5 Å². The van der Waals surface area contributed by atoms with Gasteiger partial charge in [0.1, 0.15) is 23.4 Å². The molecule has 0 aliphatic heterocycles. The lowest BCUT2D eigenvalue weighted by Crippen LogP contribution is -2.50. The molecule has 0 radical (unpaired) electrons. The molecule has 2 atom stereocenters. The highest BCUT2D eigenvalue weighted by atomic mass is 19.1. The van der Waals surface area contributed by atoms with Crippen LogP contribution < -0.4 is 15.4 Å². The summed E-state index contributed by atoms with van der Waals surface area (Å²) in [5.74, 6) is -1.87. The highest BCUT2D eigenvalue weighted by Crippen LogP contribution is 2.18. The minimum atomic E-state index is -0.819. The Balaban J connectivity index is 2.09. The van der Waals surface area contributed by atoms with Crippen molar-refractivity contribution in [1.82, 2.24) is 10.6 Å². The van der Waals surface area contributed by atoms with Crippen molar-refractivity contribution in [2.45, 2.75) is 32.9 Å². The van der Waals surface area contributed by atoms with Crippen molar-refractivity contribution in [3.05, 3.63) is 65.2 Å². The molecular weight excluding hydrogens is 366 g/mol. The minimum Gasteiger partial charge on any atom is -0.497 e. The summed E-state index contributed by atoms with van der Waals surface area (Å²) in [5.41, 5.74) is 0.551. The Labute approximate surface area is 163 Å². The van der Waals surface area contributed by atoms with E-state index in [1.165, 1.54) is 13.2 Å². The van der Waals surface area contributed by atoms with Crippen molar-refractivity contribution in [1.29, 1.82) is 0 Å². The first kappa shape index (κ1) is 21.3. The molecule has 0 aliphatic carbocycles. The number of nitrogens with one attached hydrogen (secondary N) is 2. The average Bonchev–Trinajstić information content (AvgIpc) is 2.65. The Hall–Kier alpha value is -2.96. The minimum absolute atomic E-state index is 0.165. The maximum absolute atomic E-state index is 13.9. The van der Waals surface area contributed by atoms with Gasteiger partial charge in [0.15, 0.2) is 0 Å². The average molecular weight is 390 g/mol. The molecule has 0 aliphatic rings. The van der Waals surface area contributed by atoms with Gasteiger partial charge in [-0.05, 0) is 43.2 Å². The molecule has 5 nitrogen and oxygen atoms in total. The molecule has 0 saturated carbocycles. The van der Waals surface area contributed by atoms with Gasteiger partial charge in [-0.3, -0.25) is 9.59 Å². The predicted octanol–water partition coefficient (Wildman–Crippen LogP) is 3.61. The third kappa shape index (κ3) is 5.28. The van der Waals surface area contributed by atoms with E-state index in [9.17, 15) is 18.4 Å². The van der Waals surface area contributed by atoms with Crippen LogP contribution in [0.4, 0.5) is 8.78 Å². The molecule has 2 aromatic carbocycles. The lowest BCUT2D eigenvalue weighted by Gasteiger charge is -2.24. The Morgan fingerprint density at radius 2 is 1.61 bits per heavy atom. The van der Waals surface area contributed by atoms with Crippen LogP contribution in [-0.4, -0.2) is 25.0 Å². The Kier molecular flexibility index (Phi) is 7.09. The summed E-state index contributed by atoms with van der Waals surface area (Å²) in [6, 6.07) is 8.18. The molecule has 7 heteroatoms. The number of amides is 2. The van der Waals surface area contributed by atoms with Gasteiger partial charge in [-0.25, -0.2) is 8.78 Å². The fourth-order valence-electron chi connectivity index (χ4n) is 2.74. The van der Waals surface area contributed by atoms with Gasteiger partial charge in [-0.15, -0.1) is 0 Å². The van der Waals surface area contributed by atoms with Crippen molar-refractivity contribution in [2.75, 3.05) is 7.11 Å². The van der Waals surface area contributed by atoms with Gasteiger partial charge in [0, 0.05) is 17.2 Å². The standard InChI is InChI=1S/C21H24F2N2O3/c1-12(2)19(25-20(26)14-5-8-16(28-4)9-6-14)21(27)24-13(3)17-10-7-15(22)11-18(17)23/h5-13,19H,1-4H3,(H,24,27)(H,25,26). The lowest BCUT2D eigenvalue weighted by molar-refractivity contribution is -0.124. The van der Waals surface area contributed by atoms with Gasteiger partial charge in [0.25, 0.3) is 5.91 Å². The summed E-state index contributed by atoms with van der Waals surface area (Å²) < 4.78 is 32.1. The molecule has 28 heavy (non-hydrogen) atoms. The SMILES string of the molecule is COc1ccc(C(=O)NC(C(=O)NC(C)c2ccc(F)cc2F)C(C)C)cc1. The number of hydrogen-bond donors (Lipinski definition) is 2. The van der Waals surface area contributed by atoms with Crippen LogP contribution in [0, 0.1) is 17.6 Å². The number of carbonyl (C=O) groups is 2. The Morgan fingerprint density at radius 1 is 0.964 bits per heavy atom. The van der Waals surface area contributed by atoms with Crippen molar-refractivity contribution in [3.8, 4) is 5.75 Å². The van der Waals surface area contributed by atoms with Crippen LogP contribution in [0.5, 0.6) is 5.75 Å². The molecule has 0 aromatic heterocycles. The number of hydrogen-bond acceptors (Lipinski definition) is 3. The third-order valence-electron chi connectivity index (χ3n) is 4.38. The second kappa shape index (κ2) is 9.30. The molecule has 2 aromatic rings. The number of rotatable bonds is 7. The van der Waals surface area contributed by atoms with Crippen LogP contribution >= 0.6 is 0 Å². The molecular formula is C21H24F2N2O3. The molecule has 0 heterocycles. The van der Waals surface area contributed by atoms with E-state index in [2.05, 4.69) is 10.6 Å². The van der Waals surface area contributed by atoms with Crippen molar-refractivity contribution >= 4 is 11.8 Å². The fraction of sp³-hybridized carbons (Fsp3) is 0.333. The van der Waals surface area contributed by atoms with Gasteiger partial charge >= 0.3 is 0 Å². The van der Waals surface area contributed by atoms with E-state index in [-0.39, 0.29) is 11.5 Å². The monoisotopic (exact) mass is 390 g/mol. The third-order valence-corrected chi connectivity index (χ3v) is 4.38. The number of ether oxygens (including phenoxy) is 1. The first-order valence-electron chi connectivity index (χ1n) is 8.93. The normalized spacial score (nSPS) is 13.0. The van der Waals surface area contributed by atoms with Crippen molar-refractivity contribution in [3.63, 3.8) is 0 Å². The van der Waals surface area contributed by atoms with Gasteiger partial charge < -0.3 is 15.4 Å². The van der Waals surface area contributed by atoms with Crippen molar-refractivity contribution < 1.29 is 23.1 Å². The van der Waals surface area contributed by atoms with Crippen LogP contribution in [0.25, 0.3) is 0 Å². The van der Waals surface area contributed by atoms with E-state index in [0.717, 1.165) is 12.1 Å². The number of methoxy groups -OCH3 is 1. The summed E-state index contributed by atoms with van der Waals surface area (Å²) in [7, 11) is 1.53. The topological polar surface area (TPSA) is 67.4 Å². The van der Waals surface area contributed by atoms with Crippen LogP contribution in [-0.2, 0) is 4.79 Å². The smallest absolute Gasteiger partial charge is 0.251 e. The molecule has 2 N–H and O–H groups in total. The largest absolute Gasteiger partial charge is 0.497 e. The zero-order valence-electron chi connectivity index (χ0n) is 16.3. The zero-order chi connectivity index (χ0) is 20.8. The molecule has 2 rings (SSSR count). The lowest BCUT2D eigenvalue weighted by atomic mass is 10.0. The van der Waals surface area contributed by atoms with E-state index in [4.69, 9.17) is 4.74 Å². The van der Waals surface area contributed by atoms with Crippen molar-refractivity contribution in [2.24, 2.45) is 5.92 Å². The van der Waals surface area contributed by atoms with E-state index >= 15 is 0 Å². The summed E-state index contributed by atoms with van der Waals surface area (Å²) in [6.07, 6.45) is 0. The van der Waals surface area contributed by atoms with E-state index in [1.807, 2.05) is 0 Å². The number of carbonyl (C=O) groups excluding carboxylic acids is 2. The quantitative estimate of drug-likeness (QED) is 0.759. The molecule has 0 spiro atoms. The molecule has 2 amide bonds. The van der Waals surface area contributed by atoms with Crippen LogP contribution in [0.2, 0.25) is 0 Å². The van der Waals surface area contributed by atoms with E-state index in [0.29, 0.717) is 11.3 Å². The van der Waals surface area contributed by atoms with Gasteiger partial charge in [-0.2, -0.15) is 0 Å². The second-order valence-electron chi connectivity index (χ2n) is 6.82. The summed E-state index contributed by atoms with van der Waals surface area (Å²) >= 11 is 0. The number of halogens is 2. The molecule has 0 fully saturated rings. The molecule has 0 bridgehead atoms. The number of benzene rings is 2. The molecule has 150 valence electrons. The Bertz CT molecular complexity index is 838. The maximum atomic E-state index is 13.9. The van der Waals surface area contributed by atoms with Crippen LogP contribution in [0.15, 0.2) is 42.5 Å². The first-order chi connectivity index (χ1) is 13.2. The van der Waals surface area contributed by atoms with Gasteiger partial charge in [-0.1, -0.05) is 19.9 Å². The first-order valence-corrected chi connectivity index (χ1v) is 8.93. The highest BCUT2D eigenvalue weighted by molar-refractivity contribution is 5.97. The second-order valence-corrected chi connectivity index (χ2v) is 6.82. The fourth-order valence-corrected chi connectivity index (χ4v) is 2.74. The van der Waals surface area contributed by atoms with Gasteiger partial charge in [0.05, 0.1) is 13.2 Å². The van der Waals surface area contributed by atoms with Crippen LogP contribution in [0.3, 0.4) is 0 Å². The highest BCUT2D eigenvalue weighted by Gasteiger charge is 2.26. The summed E-state index contributed by atoms with van der Waals surface area (Å²) in [5, 5.41) is 5.38. The van der Waals surface area contributed by atoms with Gasteiger partial charge in [0.2, 0.25) is 5.91 Å². The summed E-state index contributed by atoms with van der Waals surface area (Å²) in [4.78, 5) is 25.1. The van der Waals surface area contributed by atoms with Crippen LogP contribution in [0.1, 0.15) is 42.7 Å². The predicted molar refractivity (Wildman–Crippen MR) is 102 cm³/mol. The maximum Gasteiger partial charge on any atom is 0.251 e.